The molecule has 3 unspecified atom stereocenters. The van der Waals surface area contributed by atoms with E-state index in [0.717, 1.165) is 6.42 Å². The molecular weight excluding hydrogens is 206 g/mol. The van der Waals surface area contributed by atoms with Crippen LogP contribution >= 0.6 is 11.3 Å². The van der Waals surface area contributed by atoms with Crippen molar-refractivity contribution in [3.63, 3.8) is 0 Å². The Labute approximate surface area is 95.6 Å². The summed E-state index contributed by atoms with van der Waals surface area (Å²) in [4.78, 5) is 1.44. The largest absolute Gasteiger partial charge is 0.374 e. The minimum absolute atomic E-state index is 0.395. The summed E-state index contributed by atoms with van der Waals surface area (Å²) in [7, 11) is 2.03. The molecule has 3 atom stereocenters. The van der Waals surface area contributed by atoms with Crippen LogP contribution in [0.5, 0.6) is 0 Å². The van der Waals surface area contributed by atoms with Gasteiger partial charge in [-0.15, -0.1) is 11.3 Å². The summed E-state index contributed by atoms with van der Waals surface area (Å²) in [6.45, 7) is 2.16. The summed E-state index contributed by atoms with van der Waals surface area (Å²) < 4.78 is 5.91. The fourth-order valence-corrected chi connectivity index (χ4v) is 2.96. The molecule has 0 spiro atoms. The monoisotopic (exact) mass is 225 g/mol. The first-order valence-electron chi connectivity index (χ1n) is 5.64. The van der Waals surface area contributed by atoms with Crippen LogP contribution in [0.4, 0.5) is 0 Å². The Morgan fingerprint density at radius 1 is 1.60 bits per heavy atom. The van der Waals surface area contributed by atoms with Gasteiger partial charge >= 0.3 is 0 Å². The third kappa shape index (κ3) is 2.80. The van der Waals surface area contributed by atoms with Crippen molar-refractivity contribution in [2.24, 2.45) is 0 Å². The van der Waals surface area contributed by atoms with Crippen LogP contribution in [0.1, 0.15) is 24.6 Å². The molecule has 1 fully saturated rings. The lowest BCUT2D eigenvalue weighted by Gasteiger charge is -2.22. The zero-order valence-corrected chi connectivity index (χ0v) is 10.2. The smallest absolute Gasteiger partial charge is 0.0736 e. The number of rotatable bonds is 4. The molecule has 0 radical (unpaired) electrons. The Hall–Kier alpha value is -0.380. The van der Waals surface area contributed by atoms with Gasteiger partial charge in [-0.2, -0.15) is 0 Å². The number of ether oxygens (including phenoxy) is 1. The topological polar surface area (TPSA) is 21.3 Å². The predicted octanol–water partition coefficient (Wildman–Crippen LogP) is 2.45. The summed E-state index contributed by atoms with van der Waals surface area (Å²) in [6, 6.07) is 4.78. The molecule has 1 saturated heterocycles. The number of hydrogen-bond acceptors (Lipinski definition) is 3. The maximum Gasteiger partial charge on any atom is 0.0736 e. The van der Waals surface area contributed by atoms with E-state index in [1.54, 1.807) is 0 Å². The van der Waals surface area contributed by atoms with Crippen molar-refractivity contribution in [3.05, 3.63) is 22.4 Å². The average Bonchev–Trinajstić information content (AvgIpc) is 2.85. The standard InChI is InChI=1S/C12H19NOS/c1-9-5-6-12(14-9)11(13-2)8-10-4-3-7-15-10/h3-4,7,9,11-13H,5-6,8H2,1-2H3. The highest BCUT2D eigenvalue weighted by atomic mass is 32.1. The molecule has 0 aromatic carbocycles. The van der Waals surface area contributed by atoms with Crippen molar-refractivity contribution in [1.82, 2.24) is 5.32 Å². The highest BCUT2D eigenvalue weighted by Crippen LogP contribution is 2.24. The molecule has 0 aliphatic carbocycles. The van der Waals surface area contributed by atoms with Gasteiger partial charge in [-0.3, -0.25) is 0 Å². The van der Waals surface area contributed by atoms with E-state index in [-0.39, 0.29) is 0 Å². The number of likely N-dealkylation sites (N-methyl/N-ethyl adjacent to an activating group) is 1. The van der Waals surface area contributed by atoms with Crippen molar-refractivity contribution in [2.75, 3.05) is 7.05 Å². The van der Waals surface area contributed by atoms with Gasteiger partial charge in [0.15, 0.2) is 0 Å². The summed E-state index contributed by atoms with van der Waals surface area (Å²) in [6.07, 6.45) is 4.32. The summed E-state index contributed by atoms with van der Waals surface area (Å²) in [5, 5.41) is 5.52. The van der Waals surface area contributed by atoms with Crippen LogP contribution in [-0.2, 0) is 11.2 Å². The lowest BCUT2D eigenvalue weighted by Crippen LogP contribution is -2.39. The van der Waals surface area contributed by atoms with E-state index in [1.807, 2.05) is 18.4 Å². The van der Waals surface area contributed by atoms with E-state index in [2.05, 4.69) is 29.8 Å². The van der Waals surface area contributed by atoms with Crippen LogP contribution in [-0.4, -0.2) is 25.3 Å². The quantitative estimate of drug-likeness (QED) is 0.850. The highest BCUT2D eigenvalue weighted by molar-refractivity contribution is 7.09. The molecule has 0 bridgehead atoms. The van der Waals surface area contributed by atoms with Crippen LogP contribution in [0.3, 0.4) is 0 Å². The predicted molar refractivity (Wildman–Crippen MR) is 64.4 cm³/mol. The third-order valence-corrected chi connectivity index (χ3v) is 3.98. The Balaban J connectivity index is 1.92. The van der Waals surface area contributed by atoms with Gasteiger partial charge in [0.2, 0.25) is 0 Å². The van der Waals surface area contributed by atoms with Gasteiger partial charge in [0.05, 0.1) is 12.2 Å². The van der Waals surface area contributed by atoms with Crippen LogP contribution in [0.2, 0.25) is 0 Å². The van der Waals surface area contributed by atoms with Gasteiger partial charge in [0.25, 0.3) is 0 Å². The lowest BCUT2D eigenvalue weighted by atomic mass is 10.0. The minimum Gasteiger partial charge on any atom is -0.374 e. The second kappa shape index (κ2) is 5.10. The second-order valence-corrected chi connectivity index (χ2v) is 5.27. The van der Waals surface area contributed by atoms with E-state index >= 15 is 0 Å². The molecule has 1 aromatic rings. The van der Waals surface area contributed by atoms with Crippen LogP contribution in [0.25, 0.3) is 0 Å². The minimum atomic E-state index is 0.395. The molecule has 2 nitrogen and oxygen atoms in total. The fourth-order valence-electron chi connectivity index (χ4n) is 2.19. The Morgan fingerprint density at radius 2 is 2.47 bits per heavy atom. The molecule has 1 aliphatic rings. The molecule has 1 aliphatic heterocycles. The number of hydrogen-bond donors (Lipinski definition) is 1. The summed E-state index contributed by atoms with van der Waals surface area (Å²) in [5.74, 6) is 0. The van der Waals surface area contributed by atoms with Gasteiger partial charge in [-0.1, -0.05) is 6.07 Å². The van der Waals surface area contributed by atoms with Crippen molar-refractivity contribution >= 4 is 11.3 Å². The van der Waals surface area contributed by atoms with E-state index in [0.29, 0.717) is 18.2 Å². The first kappa shape index (κ1) is 11.1. The van der Waals surface area contributed by atoms with Crippen molar-refractivity contribution in [3.8, 4) is 0 Å². The first-order chi connectivity index (χ1) is 7.29. The Bertz CT molecular complexity index is 286. The van der Waals surface area contributed by atoms with Gasteiger partial charge in [-0.05, 0) is 44.7 Å². The fraction of sp³-hybridized carbons (Fsp3) is 0.667. The maximum absolute atomic E-state index is 5.91. The van der Waals surface area contributed by atoms with Crippen LogP contribution < -0.4 is 5.32 Å². The molecule has 84 valence electrons. The molecular formula is C12H19NOS. The summed E-state index contributed by atoms with van der Waals surface area (Å²) >= 11 is 1.83. The third-order valence-electron chi connectivity index (χ3n) is 3.09. The van der Waals surface area contributed by atoms with Crippen molar-refractivity contribution in [1.29, 1.82) is 0 Å². The van der Waals surface area contributed by atoms with Crippen LogP contribution in [0.15, 0.2) is 17.5 Å². The van der Waals surface area contributed by atoms with E-state index in [4.69, 9.17) is 4.74 Å². The van der Waals surface area contributed by atoms with Gasteiger partial charge in [-0.25, -0.2) is 0 Å². The lowest BCUT2D eigenvalue weighted by molar-refractivity contribution is 0.0339. The van der Waals surface area contributed by atoms with E-state index in [9.17, 15) is 0 Å². The molecule has 0 amide bonds. The summed E-state index contributed by atoms with van der Waals surface area (Å²) in [5.41, 5.74) is 0. The zero-order valence-electron chi connectivity index (χ0n) is 9.40. The van der Waals surface area contributed by atoms with Crippen molar-refractivity contribution in [2.45, 2.75) is 44.4 Å². The average molecular weight is 225 g/mol. The van der Waals surface area contributed by atoms with Crippen molar-refractivity contribution < 1.29 is 4.74 Å². The van der Waals surface area contributed by atoms with E-state index < -0.39 is 0 Å². The zero-order chi connectivity index (χ0) is 10.7. The Kier molecular flexibility index (Phi) is 3.78. The van der Waals surface area contributed by atoms with Gasteiger partial charge < -0.3 is 10.1 Å². The number of nitrogens with one attached hydrogen (secondary N) is 1. The highest BCUT2D eigenvalue weighted by Gasteiger charge is 2.28. The van der Waals surface area contributed by atoms with Gasteiger partial charge in [0, 0.05) is 10.9 Å². The van der Waals surface area contributed by atoms with E-state index in [1.165, 1.54) is 17.7 Å². The van der Waals surface area contributed by atoms with Gasteiger partial charge in [0.1, 0.15) is 0 Å². The maximum atomic E-state index is 5.91. The van der Waals surface area contributed by atoms with Crippen LogP contribution in [0, 0.1) is 0 Å². The first-order valence-corrected chi connectivity index (χ1v) is 6.52. The second-order valence-electron chi connectivity index (χ2n) is 4.24. The molecule has 0 saturated carbocycles. The molecule has 3 heteroatoms. The molecule has 2 heterocycles. The molecule has 1 N–H and O–H groups in total. The molecule has 2 rings (SSSR count). The normalized spacial score (nSPS) is 28.1. The molecule has 15 heavy (non-hydrogen) atoms. The Morgan fingerprint density at radius 3 is 3.00 bits per heavy atom. The molecule has 1 aromatic heterocycles. The SMILES string of the molecule is CNC(Cc1cccs1)C1CCC(C)O1. The number of thiophene rings is 1.